The van der Waals surface area contributed by atoms with Crippen LogP contribution in [0.2, 0.25) is 0 Å². The van der Waals surface area contributed by atoms with E-state index in [1.807, 2.05) is 6.92 Å². The van der Waals surface area contributed by atoms with Gasteiger partial charge in [-0.2, -0.15) is 0 Å². The second-order valence-electron chi connectivity index (χ2n) is 6.61. The maximum atomic E-state index is 10.1. The Labute approximate surface area is 136 Å². The SMILES string of the molecule is C[C@@H](CN1CCCCC1)NC=O.Cc1ccc(C(C)C)cc1. The maximum Gasteiger partial charge on any atom is 0.207 e. The summed E-state index contributed by atoms with van der Waals surface area (Å²) in [7, 11) is 0. The number of nitrogens with zero attached hydrogens (tertiary/aromatic N) is 1. The molecule has 1 saturated heterocycles. The first-order chi connectivity index (χ1) is 10.5. The molecule has 1 N–H and O–H groups in total. The Morgan fingerprint density at radius 2 is 1.68 bits per heavy atom. The predicted octanol–water partition coefficient (Wildman–Crippen LogP) is 3.73. The summed E-state index contributed by atoms with van der Waals surface area (Å²) >= 11 is 0. The molecule has 1 aromatic rings. The Kier molecular flexibility index (Phi) is 8.83. The highest BCUT2D eigenvalue weighted by molar-refractivity contribution is 5.46. The van der Waals surface area contributed by atoms with E-state index >= 15 is 0 Å². The number of likely N-dealkylation sites (tertiary alicyclic amines) is 1. The molecule has 3 heteroatoms. The first-order valence-electron chi connectivity index (χ1n) is 8.51. The van der Waals surface area contributed by atoms with Crippen LogP contribution in [0.15, 0.2) is 24.3 Å². The molecule has 0 bridgehead atoms. The van der Waals surface area contributed by atoms with Gasteiger partial charge in [0.05, 0.1) is 0 Å². The van der Waals surface area contributed by atoms with Gasteiger partial charge in [-0.1, -0.05) is 50.1 Å². The van der Waals surface area contributed by atoms with Crippen LogP contribution in [-0.2, 0) is 4.79 Å². The van der Waals surface area contributed by atoms with Crippen molar-refractivity contribution in [3.8, 4) is 0 Å². The van der Waals surface area contributed by atoms with Crippen LogP contribution in [0.1, 0.15) is 57.1 Å². The summed E-state index contributed by atoms with van der Waals surface area (Å²) in [5.74, 6) is 0.653. The largest absolute Gasteiger partial charge is 0.355 e. The van der Waals surface area contributed by atoms with Gasteiger partial charge in [0.2, 0.25) is 6.41 Å². The Balaban J connectivity index is 0.000000224. The molecule has 1 aliphatic rings. The summed E-state index contributed by atoms with van der Waals surface area (Å²) in [6, 6.07) is 9.01. The van der Waals surface area contributed by atoms with Crippen molar-refractivity contribution in [2.45, 2.75) is 58.9 Å². The van der Waals surface area contributed by atoms with Gasteiger partial charge >= 0.3 is 0 Å². The van der Waals surface area contributed by atoms with E-state index in [4.69, 9.17) is 0 Å². The number of rotatable bonds is 5. The minimum atomic E-state index is 0.292. The van der Waals surface area contributed by atoms with Gasteiger partial charge in [-0.15, -0.1) is 0 Å². The fraction of sp³-hybridized carbons (Fsp3) is 0.632. The number of benzene rings is 1. The van der Waals surface area contributed by atoms with Crippen molar-refractivity contribution < 1.29 is 4.79 Å². The molecule has 1 aliphatic heterocycles. The molecule has 0 aromatic heterocycles. The van der Waals surface area contributed by atoms with Crippen molar-refractivity contribution in [3.63, 3.8) is 0 Å². The number of hydrogen-bond donors (Lipinski definition) is 1. The molecule has 3 nitrogen and oxygen atoms in total. The topological polar surface area (TPSA) is 32.3 Å². The van der Waals surface area contributed by atoms with Gasteiger partial charge in [-0.05, 0) is 51.3 Å². The monoisotopic (exact) mass is 304 g/mol. The Morgan fingerprint density at radius 3 is 2.18 bits per heavy atom. The van der Waals surface area contributed by atoms with E-state index in [-0.39, 0.29) is 0 Å². The van der Waals surface area contributed by atoms with E-state index in [1.54, 1.807) is 0 Å². The third-order valence-electron chi connectivity index (χ3n) is 4.08. The standard InChI is InChI=1S/C10H14.C9H18N2O/c1-8(2)10-6-4-9(3)5-7-10;1-9(10-8-12)7-11-5-3-2-4-6-11/h4-8H,1-3H3;8-9H,2-7H2,1H3,(H,10,12)/t;9-/m.0/s1. The molecule has 1 amide bonds. The molecule has 1 heterocycles. The lowest BCUT2D eigenvalue weighted by atomic mass is 10.0. The van der Waals surface area contributed by atoms with Crippen LogP contribution in [0.25, 0.3) is 0 Å². The lowest BCUT2D eigenvalue weighted by Gasteiger charge is -2.28. The van der Waals surface area contributed by atoms with Crippen molar-refractivity contribution in [2.24, 2.45) is 0 Å². The van der Waals surface area contributed by atoms with Crippen molar-refractivity contribution in [1.29, 1.82) is 0 Å². The summed E-state index contributed by atoms with van der Waals surface area (Å²) in [6.45, 7) is 12.0. The lowest BCUT2D eigenvalue weighted by Crippen LogP contribution is -2.40. The van der Waals surface area contributed by atoms with E-state index in [9.17, 15) is 4.79 Å². The van der Waals surface area contributed by atoms with Gasteiger partial charge in [0.25, 0.3) is 0 Å². The number of hydrogen-bond acceptors (Lipinski definition) is 2. The number of nitrogens with one attached hydrogen (secondary N) is 1. The van der Waals surface area contributed by atoms with E-state index in [0.29, 0.717) is 12.0 Å². The Bertz CT molecular complexity index is 408. The van der Waals surface area contributed by atoms with Crippen LogP contribution in [0.5, 0.6) is 0 Å². The highest BCUT2D eigenvalue weighted by Crippen LogP contribution is 2.13. The molecule has 1 atom stereocenters. The van der Waals surface area contributed by atoms with Crippen molar-refractivity contribution >= 4 is 6.41 Å². The van der Waals surface area contributed by atoms with E-state index in [0.717, 1.165) is 13.0 Å². The number of amides is 1. The highest BCUT2D eigenvalue weighted by atomic mass is 16.1. The first kappa shape index (κ1) is 18.7. The number of carbonyl (C=O) groups excluding carboxylic acids is 1. The average Bonchev–Trinajstić information content (AvgIpc) is 2.49. The number of carbonyl (C=O) groups is 1. The number of aryl methyl sites for hydroxylation is 1. The molecule has 0 aliphatic carbocycles. The maximum absolute atomic E-state index is 10.1. The van der Waals surface area contributed by atoms with Crippen molar-refractivity contribution in [1.82, 2.24) is 10.2 Å². The lowest BCUT2D eigenvalue weighted by molar-refractivity contribution is -0.110. The third kappa shape index (κ3) is 7.60. The summed E-state index contributed by atoms with van der Waals surface area (Å²) < 4.78 is 0. The van der Waals surface area contributed by atoms with Gasteiger partial charge in [0, 0.05) is 12.6 Å². The van der Waals surface area contributed by atoms with Gasteiger partial charge in [-0.3, -0.25) is 4.79 Å². The van der Waals surface area contributed by atoms with Crippen LogP contribution in [0.4, 0.5) is 0 Å². The average molecular weight is 304 g/mol. The fourth-order valence-electron chi connectivity index (χ4n) is 2.65. The molecule has 0 saturated carbocycles. The zero-order chi connectivity index (χ0) is 16.4. The van der Waals surface area contributed by atoms with Gasteiger partial charge in [-0.25, -0.2) is 0 Å². The zero-order valence-corrected chi connectivity index (χ0v) is 14.6. The Morgan fingerprint density at radius 1 is 1.09 bits per heavy atom. The van der Waals surface area contributed by atoms with Gasteiger partial charge < -0.3 is 10.2 Å². The molecule has 1 fully saturated rings. The van der Waals surface area contributed by atoms with Crippen LogP contribution >= 0.6 is 0 Å². The van der Waals surface area contributed by atoms with Crippen molar-refractivity contribution in [2.75, 3.05) is 19.6 Å². The van der Waals surface area contributed by atoms with E-state index in [2.05, 4.69) is 55.3 Å². The molecule has 2 rings (SSSR count). The number of piperidine rings is 1. The minimum absolute atomic E-state index is 0.292. The molecule has 22 heavy (non-hydrogen) atoms. The Hall–Kier alpha value is -1.35. The zero-order valence-electron chi connectivity index (χ0n) is 14.6. The fourth-order valence-corrected chi connectivity index (χ4v) is 2.65. The van der Waals surface area contributed by atoms with Crippen LogP contribution in [0, 0.1) is 6.92 Å². The van der Waals surface area contributed by atoms with Gasteiger partial charge in [0.15, 0.2) is 0 Å². The van der Waals surface area contributed by atoms with Gasteiger partial charge in [0.1, 0.15) is 0 Å². The van der Waals surface area contributed by atoms with Crippen LogP contribution < -0.4 is 5.32 Å². The summed E-state index contributed by atoms with van der Waals surface area (Å²) in [5, 5.41) is 2.77. The third-order valence-corrected chi connectivity index (χ3v) is 4.08. The van der Waals surface area contributed by atoms with Crippen LogP contribution in [0.3, 0.4) is 0 Å². The molecule has 0 unspecified atom stereocenters. The molecule has 1 aromatic carbocycles. The summed E-state index contributed by atoms with van der Waals surface area (Å²) in [5.41, 5.74) is 2.76. The van der Waals surface area contributed by atoms with Crippen molar-refractivity contribution in [3.05, 3.63) is 35.4 Å². The van der Waals surface area contributed by atoms with E-state index in [1.165, 1.54) is 43.5 Å². The molecular weight excluding hydrogens is 272 g/mol. The summed E-state index contributed by atoms with van der Waals surface area (Å²) in [6.07, 6.45) is 4.78. The first-order valence-corrected chi connectivity index (χ1v) is 8.51. The molecular formula is C19H32N2O. The van der Waals surface area contributed by atoms with E-state index < -0.39 is 0 Å². The molecule has 0 spiro atoms. The minimum Gasteiger partial charge on any atom is -0.355 e. The summed E-state index contributed by atoms with van der Waals surface area (Å²) in [4.78, 5) is 12.5. The molecule has 124 valence electrons. The van der Waals surface area contributed by atoms with Crippen LogP contribution in [-0.4, -0.2) is 37.0 Å². The second-order valence-corrected chi connectivity index (χ2v) is 6.61. The smallest absolute Gasteiger partial charge is 0.207 e. The quantitative estimate of drug-likeness (QED) is 0.841. The molecule has 0 radical (unpaired) electrons. The highest BCUT2D eigenvalue weighted by Gasteiger charge is 2.12. The normalized spacial score (nSPS) is 16.6. The predicted molar refractivity (Wildman–Crippen MR) is 94.2 cm³/mol. The second kappa shape index (κ2) is 10.4.